The Kier molecular flexibility index (Phi) is 7.03. The van der Waals surface area contributed by atoms with E-state index in [2.05, 4.69) is 159 Å². The third-order valence-corrected chi connectivity index (χ3v) is 19.4. The molecule has 6 aromatic carbocycles. The molecule has 5 aliphatic carbocycles. The van der Waals surface area contributed by atoms with Crippen LogP contribution >= 0.6 is 0 Å². The summed E-state index contributed by atoms with van der Waals surface area (Å²) in [5, 5.41) is 2.54. The lowest BCUT2D eigenvalue weighted by atomic mass is 9.57. The van der Waals surface area contributed by atoms with E-state index in [9.17, 15) is 0 Å². The first-order valence-corrected chi connectivity index (χ1v) is 24.3. The highest BCUT2D eigenvalue weighted by Gasteiger charge is 2.65. The minimum atomic E-state index is -0.492. The maximum absolute atomic E-state index is 7.34. The SMILES string of the molecule is CC12CCCCC1(C)N(c1ccc3c(c1)C1(c4ccccc4-c4ccccc41)c1cc(N4C5CCCCC5C5(C)CCCCC45C)c4oc5ccccc5c4c1-3)c1ccccc12. The van der Waals surface area contributed by atoms with Gasteiger partial charge in [-0.1, -0.05) is 143 Å². The monoisotopic (exact) mass is 810 g/mol. The van der Waals surface area contributed by atoms with Gasteiger partial charge in [0, 0.05) is 39.1 Å². The Morgan fingerprint density at radius 1 is 0.532 bits per heavy atom. The molecule has 3 saturated carbocycles. The van der Waals surface area contributed by atoms with Gasteiger partial charge >= 0.3 is 0 Å². The molecule has 3 heteroatoms. The van der Waals surface area contributed by atoms with Gasteiger partial charge in [0.15, 0.2) is 5.58 Å². The number of benzene rings is 6. The molecule has 3 nitrogen and oxygen atoms in total. The lowest BCUT2D eigenvalue weighted by Gasteiger charge is -2.51. The largest absolute Gasteiger partial charge is 0.454 e. The summed E-state index contributed by atoms with van der Waals surface area (Å²) in [4.78, 5) is 5.81. The zero-order valence-electron chi connectivity index (χ0n) is 37.0. The second-order valence-electron chi connectivity index (χ2n) is 21.6. The fourth-order valence-electron chi connectivity index (χ4n) is 16.4. The molecule has 3 heterocycles. The summed E-state index contributed by atoms with van der Waals surface area (Å²) in [6.07, 6.45) is 15.5. The first kappa shape index (κ1) is 36.2. The van der Waals surface area contributed by atoms with Crippen LogP contribution in [0.25, 0.3) is 44.2 Å². The normalized spacial score (nSPS) is 30.8. The van der Waals surface area contributed by atoms with Gasteiger partial charge in [-0.25, -0.2) is 0 Å². The molecule has 0 amide bonds. The number of fused-ring (bicyclic) bond motifs is 20. The molecule has 4 fully saturated rings. The number of hydrogen-bond donors (Lipinski definition) is 0. The van der Waals surface area contributed by atoms with Crippen molar-refractivity contribution in [2.24, 2.45) is 11.3 Å². The van der Waals surface area contributed by atoms with Crippen molar-refractivity contribution in [2.45, 2.75) is 133 Å². The molecule has 0 N–H and O–H groups in total. The van der Waals surface area contributed by atoms with Gasteiger partial charge in [0.05, 0.1) is 16.6 Å². The van der Waals surface area contributed by atoms with Gasteiger partial charge in [-0.05, 0) is 144 Å². The Labute approximate surface area is 367 Å². The van der Waals surface area contributed by atoms with Gasteiger partial charge in [-0.3, -0.25) is 0 Å². The van der Waals surface area contributed by atoms with E-state index in [1.165, 1.54) is 155 Å². The van der Waals surface area contributed by atoms with Gasteiger partial charge in [0.1, 0.15) is 5.58 Å². The van der Waals surface area contributed by atoms with Crippen molar-refractivity contribution < 1.29 is 4.42 Å². The predicted molar refractivity (Wildman–Crippen MR) is 256 cm³/mol. The Balaban J connectivity index is 1.11. The van der Waals surface area contributed by atoms with Crippen LogP contribution in [0.2, 0.25) is 0 Å². The molecule has 0 bridgehead atoms. The van der Waals surface area contributed by atoms with Crippen molar-refractivity contribution in [1.82, 2.24) is 0 Å². The molecular weight excluding hydrogens is 753 g/mol. The molecule has 1 saturated heterocycles. The summed E-state index contributed by atoms with van der Waals surface area (Å²) >= 11 is 0. The van der Waals surface area contributed by atoms with Gasteiger partial charge < -0.3 is 14.2 Å². The second kappa shape index (κ2) is 12.0. The molecule has 14 rings (SSSR count). The molecule has 7 aliphatic rings. The molecule has 62 heavy (non-hydrogen) atoms. The van der Waals surface area contributed by atoms with E-state index in [-0.39, 0.29) is 21.9 Å². The summed E-state index contributed by atoms with van der Waals surface area (Å²) in [6, 6.07) is 48.0. The van der Waals surface area contributed by atoms with E-state index in [1.807, 2.05) is 0 Å². The molecule has 310 valence electrons. The average Bonchev–Trinajstić information content (AvgIpc) is 4.02. The maximum Gasteiger partial charge on any atom is 0.159 e. The zero-order valence-corrected chi connectivity index (χ0v) is 37.0. The summed E-state index contributed by atoms with van der Waals surface area (Å²) in [5.74, 6) is 0.700. The second-order valence-corrected chi connectivity index (χ2v) is 21.6. The molecule has 6 atom stereocenters. The van der Waals surface area contributed by atoms with Crippen LogP contribution in [0.4, 0.5) is 17.1 Å². The fourth-order valence-corrected chi connectivity index (χ4v) is 16.4. The number of para-hydroxylation sites is 2. The van der Waals surface area contributed by atoms with Crippen LogP contribution in [-0.4, -0.2) is 17.1 Å². The zero-order chi connectivity index (χ0) is 41.4. The Hall–Kier alpha value is -5.28. The standard InChI is InChI=1S/C59H58N2O/c1-55-31-15-17-33-57(55,3)60(48-26-12-10-24-44(48)55)37-29-30-40-46(35-37)59(42-22-8-5-19-38(42)39-20-6-9-23-43(39)59)47-36-50(54-53(52(40)47)41-21-7-14-28-51(41)62-54)61-49-27-13-11-25-45(49)56(2)32-16-18-34-58(56,61)4/h5-10,12,14,19-24,26,28-30,35-36,45,49H,11,13,15-18,25,27,31-34H2,1-4H3. The van der Waals surface area contributed by atoms with Gasteiger partial charge in [0.25, 0.3) is 0 Å². The van der Waals surface area contributed by atoms with Crippen LogP contribution in [0, 0.1) is 11.3 Å². The molecule has 2 aliphatic heterocycles. The van der Waals surface area contributed by atoms with E-state index in [0.29, 0.717) is 12.0 Å². The highest BCUT2D eigenvalue weighted by molar-refractivity contribution is 6.19. The first-order valence-electron chi connectivity index (χ1n) is 24.3. The maximum atomic E-state index is 7.34. The minimum Gasteiger partial charge on any atom is -0.454 e. The molecular formula is C59H58N2O. The fraction of sp³-hybridized carbons (Fsp3) is 0.390. The van der Waals surface area contributed by atoms with E-state index in [4.69, 9.17) is 4.42 Å². The molecule has 6 unspecified atom stereocenters. The first-order chi connectivity index (χ1) is 30.2. The molecule has 7 aromatic rings. The van der Waals surface area contributed by atoms with Crippen molar-refractivity contribution >= 4 is 39.0 Å². The Morgan fingerprint density at radius 2 is 1.19 bits per heavy atom. The van der Waals surface area contributed by atoms with Crippen molar-refractivity contribution in [3.8, 4) is 22.3 Å². The predicted octanol–water partition coefficient (Wildman–Crippen LogP) is 15.4. The van der Waals surface area contributed by atoms with Crippen molar-refractivity contribution in [1.29, 1.82) is 0 Å². The van der Waals surface area contributed by atoms with Crippen LogP contribution in [-0.2, 0) is 10.8 Å². The van der Waals surface area contributed by atoms with Crippen LogP contribution < -0.4 is 9.80 Å². The third kappa shape index (κ3) is 4.00. The van der Waals surface area contributed by atoms with Crippen molar-refractivity contribution in [3.05, 3.63) is 149 Å². The number of anilines is 3. The topological polar surface area (TPSA) is 19.6 Å². The summed E-state index contributed by atoms with van der Waals surface area (Å²) < 4.78 is 7.34. The number of nitrogens with zero attached hydrogens (tertiary/aromatic N) is 2. The number of furan rings is 1. The van der Waals surface area contributed by atoms with Crippen LogP contribution in [0.15, 0.2) is 126 Å². The summed E-state index contributed by atoms with van der Waals surface area (Å²) in [6.45, 7) is 10.5. The van der Waals surface area contributed by atoms with Crippen LogP contribution in [0.3, 0.4) is 0 Å². The average molecular weight is 811 g/mol. The third-order valence-electron chi connectivity index (χ3n) is 19.4. The Bertz CT molecular complexity index is 3020. The van der Waals surface area contributed by atoms with Gasteiger partial charge in [0.2, 0.25) is 0 Å². The molecule has 1 aromatic heterocycles. The Morgan fingerprint density at radius 3 is 2.00 bits per heavy atom. The minimum absolute atomic E-state index is 0.0249. The summed E-state index contributed by atoms with van der Waals surface area (Å²) in [7, 11) is 0. The quantitative estimate of drug-likeness (QED) is 0.173. The molecule has 0 radical (unpaired) electrons. The van der Waals surface area contributed by atoms with Crippen molar-refractivity contribution in [2.75, 3.05) is 9.80 Å². The van der Waals surface area contributed by atoms with Crippen molar-refractivity contribution in [3.63, 3.8) is 0 Å². The molecule has 1 spiro atoms. The highest BCUT2D eigenvalue weighted by atomic mass is 16.3. The smallest absolute Gasteiger partial charge is 0.159 e. The lowest BCUT2D eigenvalue weighted by molar-refractivity contribution is 0.0668. The lowest BCUT2D eigenvalue weighted by Crippen LogP contribution is -2.54. The van der Waals surface area contributed by atoms with E-state index < -0.39 is 5.41 Å². The number of rotatable bonds is 2. The van der Waals surface area contributed by atoms with E-state index in [1.54, 1.807) is 0 Å². The highest BCUT2D eigenvalue weighted by Crippen LogP contribution is 2.69. The van der Waals surface area contributed by atoms with Gasteiger partial charge in [-0.15, -0.1) is 0 Å². The van der Waals surface area contributed by atoms with Crippen LogP contribution in [0.5, 0.6) is 0 Å². The van der Waals surface area contributed by atoms with Crippen LogP contribution in [0.1, 0.15) is 133 Å². The van der Waals surface area contributed by atoms with Gasteiger partial charge in [-0.2, -0.15) is 0 Å². The summed E-state index contributed by atoms with van der Waals surface area (Å²) in [5.41, 5.74) is 18.7. The number of hydrogen-bond acceptors (Lipinski definition) is 3. The van der Waals surface area contributed by atoms with E-state index >= 15 is 0 Å². The van der Waals surface area contributed by atoms with E-state index in [0.717, 1.165) is 11.2 Å².